The predicted octanol–water partition coefficient (Wildman–Crippen LogP) is 3.35. The quantitative estimate of drug-likeness (QED) is 0.559. The van der Waals surface area contributed by atoms with E-state index in [1.165, 1.54) is 11.3 Å². The second kappa shape index (κ2) is 6.66. The number of rotatable bonds is 4. The summed E-state index contributed by atoms with van der Waals surface area (Å²) in [7, 11) is 2.05. The number of aromatic nitrogens is 2. The van der Waals surface area contributed by atoms with Crippen molar-refractivity contribution in [2.24, 2.45) is 5.10 Å². The highest BCUT2D eigenvalue weighted by Crippen LogP contribution is 2.46. The molecule has 0 radical (unpaired) electrons. The molecule has 1 aromatic carbocycles. The molecule has 0 saturated heterocycles. The Balaban J connectivity index is 1.41. The molecule has 0 fully saturated rings. The predicted molar refractivity (Wildman–Crippen MR) is 109 cm³/mol. The van der Waals surface area contributed by atoms with Gasteiger partial charge in [-0.15, -0.1) is 11.3 Å². The number of carbonyl (C=O) groups excluding carboxylic acids is 1. The molecule has 6 nitrogen and oxygen atoms in total. The Bertz CT molecular complexity index is 1030. The highest BCUT2D eigenvalue weighted by atomic mass is 32.1. The third kappa shape index (κ3) is 3.14. The highest BCUT2D eigenvalue weighted by molar-refractivity contribution is 7.15. The molecule has 138 valence electrons. The van der Waals surface area contributed by atoms with Crippen LogP contribution in [0.25, 0.3) is 4.96 Å². The van der Waals surface area contributed by atoms with Crippen LogP contribution in [0.15, 0.2) is 58.9 Å². The molecule has 0 spiro atoms. The number of allylic oxidation sites excluding steroid dienone is 2. The number of carbonyl (C=O) groups is 1. The molecule has 7 heteroatoms. The van der Waals surface area contributed by atoms with Gasteiger partial charge in [-0.1, -0.05) is 32.0 Å². The van der Waals surface area contributed by atoms with E-state index in [4.69, 9.17) is 0 Å². The lowest BCUT2D eigenvalue weighted by Gasteiger charge is -2.23. The van der Waals surface area contributed by atoms with Crippen molar-refractivity contribution < 1.29 is 4.79 Å². The van der Waals surface area contributed by atoms with Gasteiger partial charge in [-0.2, -0.15) is 5.10 Å². The van der Waals surface area contributed by atoms with Crippen molar-refractivity contribution in [3.8, 4) is 0 Å². The number of anilines is 1. The number of likely N-dealkylation sites (N-methyl/N-ethyl adjacent to an activating group) is 1. The smallest absolute Gasteiger partial charge is 0.246 e. The fourth-order valence-electron chi connectivity index (χ4n) is 3.58. The lowest BCUT2D eigenvalue weighted by Crippen LogP contribution is -2.23. The van der Waals surface area contributed by atoms with E-state index in [1.54, 1.807) is 17.6 Å². The van der Waals surface area contributed by atoms with Crippen LogP contribution in [0.2, 0.25) is 0 Å². The summed E-state index contributed by atoms with van der Waals surface area (Å²) in [5, 5.41) is 6.04. The van der Waals surface area contributed by atoms with Crippen LogP contribution in [0.3, 0.4) is 0 Å². The van der Waals surface area contributed by atoms with E-state index in [2.05, 4.69) is 59.5 Å². The standard InChI is InChI=1S/C20H21N5OS/c1-20(2)15-6-4-5-7-16(15)24(3)17(20)8-9-21-23-18(26)12-14-13-25-10-11-27-19(25)22-14/h4-11,13H,12H2,1-3H3,(H,23,26). The fourth-order valence-corrected chi connectivity index (χ4v) is 4.30. The minimum atomic E-state index is -0.183. The zero-order chi connectivity index (χ0) is 19.0. The monoisotopic (exact) mass is 379 g/mol. The number of nitrogens with one attached hydrogen (secondary N) is 1. The number of thiazole rings is 1. The first-order valence-corrected chi connectivity index (χ1v) is 9.62. The Hall–Kier alpha value is -2.93. The van der Waals surface area contributed by atoms with E-state index in [-0.39, 0.29) is 17.7 Å². The first-order valence-electron chi connectivity index (χ1n) is 8.74. The van der Waals surface area contributed by atoms with Crippen LogP contribution in [0, 0.1) is 0 Å². The maximum Gasteiger partial charge on any atom is 0.246 e. The van der Waals surface area contributed by atoms with Crippen LogP contribution in [-0.2, 0) is 16.6 Å². The Morgan fingerprint density at radius 3 is 2.96 bits per heavy atom. The van der Waals surface area contributed by atoms with Gasteiger partial charge in [0, 0.05) is 47.8 Å². The molecule has 3 aromatic rings. The van der Waals surface area contributed by atoms with Crippen LogP contribution in [0.5, 0.6) is 0 Å². The van der Waals surface area contributed by atoms with Crippen molar-refractivity contribution in [2.45, 2.75) is 25.7 Å². The minimum Gasteiger partial charge on any atom is -0.347 e. The van der Waals surface area contributed by atoms with Gasteiger partial charge in [0.2, 0.25) is 5.91 Å². The van der Waals surface area contributed by atoms with Crippen LogP contribution >= 0.6 is 11.3 Å². The molecule has 4 rings (SSSR count). The van der Waals surface area contributed by atoms with Crippen molar-refractivity contribution in [1.82, 2.24) is 14.8 Å². The molecule has 0 unspecified atom stereocenters. The second-order valence-electron chi connectivity index (χ2n) is 7.07. The van der Waals surface area contributed by atoms with Gasteiger partial charge in [0.1, 0.15) is 0 Å². The Morgan fingerprint density at radius 2 is 2.19 bits per heavy atom. The summed E-state index contributed by atoms with van der Waals surface area (Å²) in [4.78, 5) is 19.5. The number of nitrogens with zero attached hydrogens (tertiary/aromatic N) is 4. The van der Waals surface area contributed by atoms with Gasteiger partial charge in [0.05, 0.1) is 12.1 Å². The number of hydrazone groups is 1. The fraction of sp³-hybridized carbons (Fsp3) is 0.250. The van der Waals surface area contributed by atoms with Gasteiger partial charge in [-0.3, -0.25) is 9.20 Å². The molecule has 27 heavy (non-hydrogen) atoms. The van der Waals surface area contributed by atoms with Crippen LogP contribution in [0.1, 0.15) is 25.1 Å². The third-order valence-corrected chi connectivity index (χ3v) is 5.69. The van der Waals surface area contributed by atoms with Gasteiger partial charge >= 0.3 is 0 Å². The van der Waals surface area contributed by atoms with E-state index >= 15 is 0 Å². The van der Waals surface area contributed by atoms with Gasteiger partial charge in [0.15, 0.2) is 4.96 Å². The maximum absolute atomic E-state index is 12.1. The summed E-state index contributed by atoms with van der Waals surface area (Å²) in [6.07, 6.45) is 7.59. The number of amides is 1. The first kappa shape index (κ1) is 17.5. The van der Waals surface area contributed by atoms with Gasteiger partial charge < -0.3 is 4.90 Å². The number of fused-ring (bicyclic) bond motifs is 2. The van der Waals surface area contributed by atoms with E-state index < -0.39 is 0 Å². The lowest BCUT2D eigenvalue weighted by molar-refractivity contribution is -0.120. The average molecular weight is 379 g/mol. The molecule has 0 bridgehead atoms. The Labute approximate surface area is 161 Å². The molecule has 1 N–H and O–H groups in total. The van der Waals surface area contributed by atoms with Crippen molar-refractivity contribution >= 4 is 34.1 Å². The summed E-state index contributed by atoms with van der Waals surface area (Å²) < 4.78 is 1.91. The summed E-state index contributed by atoms with van der Waals surface area (Å²) >= 11 is 1.54. The molecule has 1 aliphatic heterocycles. The number of imidazole rings is 1. The zero-order valence-electron chi connectivity index (χ0n) is 15.5. The lowest BCUT2D eigenvalue weighted by atomic mass is 9.84. The zero-order valence-corrected chi connectivity index (χ0v) is 16.3. The molecule has 2 aromatic heterocycles. The summed E-state index contributed by atoms with van der Waals surface area (Å²) in [5.74, 6) is -0.183. The van der Waals surface area contributed by atoms with E-state index in [1.807, 2.05) is 34.3 Å². The molecule has 1 aliphatic rings. The van der Waals surface area contributed by atoms with Crippen LogP contribution < -0.4 is 10.3 Å². The van der Waals surface area contributed by atoms with E-state index in [0.717, 1.165) is 16.4 Å². The van der Waals surface area contributed by atoms with E-state index in [0.29, 0.717) is 0 Å². The number of hydrogen-bond donors (Lipinski definition) is 1. The average Bonchev–Trinajstić information content (AvgIpc) is 3.26. The van der Waals surface area contributed by atoms with Crippen molar-refractivity contribution in [2.75, 3.05) is 11.9 Å². The van der Waals surface area contributed by atoms with E-state index in [9.17, 15) is 4.79 Å². The van der Waals surface area contributed by atoms with Gasteiger partial charge in [0.25, 0.3) is 0 Å². The summed E-state index contributed by atoms with van der Waals surface area (Å²) in [6, 6.07) is 8.38. The summed E-state index contributed by atoms with van der Waals surface area (Å²) in [6.45, 7) is 4.38. The highest BCUT2D eigenvalue weighted by Gasteiger charge is 2.37. The number of benzene rings is 1. The van der Waals surface area contributed by atoms with Gasteiger partial charge in [-0.25, -0.2) is 10.4 Å². The Morgan fingerprint density at radius 1 is 1.37 bits per heavy atom. The van der Waals surface area contributed by atoms with Crippen LogP contribution in [0.4, 0.5) is 5.69 Å². The topological polar surface area (TPSA) is 62.0 Å². The molecule has 1 amide bonds. The van der Waals surface area contributed by atoms with Crippen molar-refractivity contribution in [3.63, 3.8) is 0 Å². The minimum absolute atomic E-state index is 0.108. The molecule has 0 saturated carbocycles. The van der Waals surface area contributed by atoms with Crippen molar-refractivity contribution in [1.29, 1.82) is 0 Å². The molecule has 0 aliphatic carbocycles. The molecule has 3 heterocycles. The molecule has 0 atom stereocenters. The SMILES string of the molecule is CN1C(=CC=NNC(=O)Cc2cn3ccsc3n2)C(C)(C)c2ccccc21. The third-order valence-electron chi connectivity index (χ3n) is 4.92. The van der Waals surface area contributed by atoms with Gasteiger partial charge in [-0.05, 0) is 17.7 Å². The number of hydrogen-bond acceptors (Lipinski definition) is 5. The Kier molecular flexibility index (Phi) is 4.31. The van der Waals surface area contributed by atoms with Crippen molar-refractivity contribution in [3.05, 3.63) is 65.1 Å². The first-order chi connectivity index (χ1) is 13.0. The maximum atomic E-state index is 12.1. The number of para-hydroxylation sites is 1. The molecular weight excluding hydrogens is 358 g/mol. The summed E-state index contributed by atoms with van der Waals surface area (Å²) in [5.41, 5.74) is 6.83. The van der Waals surface area contributed by atoms with Crippen LogP contribution in [-0.4, -0.2) is 28.6 Å². The largest absolute Gasteiger partial charge is 0.347 e. The normalized spacial score (nSPS) is 17.1. The second-order valence-corrected chi connectivity index (χ2v) is 7.94. The molecular formula is C20H21N5OS.